The number of hydrogen-bond donors (Lipinski definition) is 1. The zero-order chi connectivity index (χ0) is 15.6. The van der Waals surface area contributed by atoms with Gasteiger partial charge in [-0.1, -0.05) is 17.7 Å². The van der Waals surface area contributed by atoms with E-state index in [1.807, 2.05) is 0 Å². The minimum atomic E-state index is -4.55. The standard InChI is InChI=1S/C15H12ClF3O2/c1-9-6-11(16)3-5-14(9)21-12-4-2-10(8-20)13(7-12)15(17,18)19/h2-7,20H,8H2,1H3. The summed E-state index contributed by atoms with van der Waals surface area (Å²) in [5.74, 6) is 0.467. The fraction of sp³-hybridized carbons (Fsp3) is 0.200. The summed E-state index contributed by atoms with van der Waals surface area (Å²) in [6.07, 6.45) is -4.55. The van der Waals surface area contributed by atoms with Crippen molar-refractivity contribution in [3.05, 3.63) is 58.1 Å². The number of alkyl halides is 3. The number of ether oxygens (including phenoxy) is 1. The molecule has 112 valence electrons. The molecule has 2 nitrogen and oxygen atoms in total. The van der Waals surface area contributed by atoms with E-state index >= 15 is 0 Å². The van der Waals surface area contributed by atoms with E-state index in [0.717, 1.165) is 6.07 Å². The highest BCUT2D eigenvalue weighted by Gasteiger charge is 2.33. The monoisotopic (exact) mass is 316 g/mol. The largest absolute Gasteiger partial charge is 0.457 e. The Morgan fingerprint density at radius 2 is 1.86 bits per heavy atom. The maximum Gasteiger partial charge on any atom is 0.416 e. The van der Waals surface area contributed by atoms with Crippen molar-refractivity contribution in [2.75, 3.05) is 0 Å². The van der Waals surface area contributed by atoms with Crippen LogP contribution in [0.2, 0.25) is 5.02 Å². The molecule has 0 heterocycles. The molecule has 0 saturated carbocycles. The number of aryl methyl sites for hydroxylation is 1. The summed E-state index contributed by atoms with van der Waals surface area (Å²) in [6.45, 7) is 1.06. The summed E-state index contributed by atoms with van der Waals surface area (Å²) >= 11 is 5.81. The van der Waals surface area contributed by atoms with Crippen LogP contribution in [-0.2, 0) is 12.8 Å². The van der Waals surface area contributed by atoms with Crippen molar-refractivity contribution >= 4 is 11.6 Å². The van der Waals surface area contributed by atoms with Crippen LogP contribution in [-0.4, -0.2) is 5.11 Å². The normalized spacial score (nSPS) is 11.5. The van der Waals surface area contributed by atoms with Crippen molar-refractivity contribution in [3.8, 4) is 11.5 Å². The lowest BCUT2D eigenvalue weighted by molar-refractivity contribution is -0.138. The molecule has 0 aromatic heterocycles. The Labute approximate surface area is 124 Å². The first-order chi connectivity index (χ1) is 9.81. The van der Waals surface area contributed by atoms with E-state index in [9.17, 15) is 13.2 Å². The Morgan fingerprint density at radius 3 is 2.43 bits per heavy atom. The van der Waals surface area contributed by atoms with Gasteiger partial charge in [-0.25, -0.2) is 0 Å². The highest BCUT2D eigenvalue weighted by atomic mass is 35.5. The van der Waals surface area contributed by atoms with E-state index in [4.69, 9.17) is 21.4 Å². The summed E-state index contributed by atoms with van der Waals surface area (Å²) in [7, 11) is 0. The van der Waals surface area contributed by atoms with Gasteiger partial charge in [-0.3, -0.25) is 0 Å². The molecule has 0 amide bonds. The van der Waals surface area contributed by atoms with E-state index in [1.165, 1.54) is 12.1 Å². The predicted octanol–water partition coefficient (Wildman–Crippen LogP) is 4.95. The van der Waals surface area contributed by atoms with Gasteiger partial charge < -0.3 is 9.84 Å². The van der Waals surface area contributed by atoms with Gasteiger partial charge in [-0.15, -0.1) is 0 Å². The van der Waals surface area contributed by atoms with E-state index < -0.39 is 18.3 Å². The molecule has 1 N–H and O–H groups in total. The minimum absolute atomic E-state index is 0.0462. The molecule has 2 rings (SSSR count). The van der Waals surface area contributed by atoms with Crippen LogP contribution in [0.1, 0.15) is 16.7 Å². The third-order valence-corrected chi connectivity index (χ3v) is 3.16. The average molecular weight is 317 g/mol. The van der Waals surface area contributed by atoms with Crippen LogP contribution in [0.5, 0.6) is 11.5 Å². The zero-order valence-corrected chi connectivity index (χ0v) is 11.8. The number of hydrogen-bond acceptors (Lipinski definition) is 2. The van der Waals surface area contributed by atoms with Gasteiger partial charge in [0.15, 0.2) is 0 Å². The SMILES string of the molecule is Cc1cc(Cl)ccc1Oc1ccc(CO)c(C(F)(F)F)c1. The van der Waals surface area contributed by atoms with Crippen molar-refractivity contribution < 1.29 is 23.0 Å². The first-order valence-electron chi connectivity index (χ1n) is 6.06. The van der Waals surface area contributed by atoms with E-state index in [2.05, 4.69) is 0 Å². The molecule has 0 atom stereocenters. The van der Waals surface area contributed by atoms with Gasteiger partial charge in [0.25, 0.3) is 0 Å². The average Bonchev–Trinajstić information content (AvgIpc) is 2.41. The lowest BCUT2D eigenvalue weighted by Gasteiger charge is -2.14. The van der Waals surface area contributed by atoms with Crippen LogP contribution >= 0.6 is 11.6 Å². The molecule has 0 aliphatic carbocycles. The van der Waals surface area contributed by atoms with Gasteiger partial charge in [0.1, 0.15) is 11.5 Å². The highest BCUT2D eigenvalue weighted by Crippen LogP contribution is 2.36. The van der Waals surface area contributed by atoms with Crippen molar-refractivity contribution in [1.82, 2.24) is 0 Å². The maximum atomic E-state index is 12.9. The van der Waals surface area contributed by atoms with Gasteiger partial charge in [0.2, 0.25) is 0 Å². The van der Waals surface area contributed by atoms with Gasteiger partial charge in [0, 0.05) is 5.02 Å². The van der Waals surface area contributed by atoms with Gasteiger partial charge in [-0.05, 0) is 48.4 Å². The molecule has 2 aromatic rings. The molecule has 0 fully saturated rings. The molecular weight excluding hydrogens is 305 g/mol. The molecule has 0 aliphatic rings. The van der Waals surface area contributed by atoms with E-state index in [1.54, 1.807) is 25.1 Å². The number of halogens is 4. The second-order valence-electron chi connectivity index (χ2n) is 4.49. The van der Waals surface area contributed by atoms with Gasteiger partial charge in [-0.2, -0.15) is 13.2 Å². The number of benzene rings is 2. The fourth-order valence-corrected chi connectivity index (χ4v) is 2.10. The van der Waals surface area contributed by atoms with Crippen LogP contribution in [0.4, 0.5) is 13.2 Å². The molecule has 0 radical (unpaired) electrons. The smallest absolute Gasteiger partial charge is 0.416 e. The molecule has 6 heteroatoms. The first-order valence-corrected chi connectivity index (χ1v) is 6.44. The number of aliphatic hydroxyl groups excluding tert-OH is 1. The zero-order valence-electron chi connectivity index (χ0n) is 11.0. The first kappa shape index (κ1) is 15.7. The molecular formula is C15H12ClF3O2. The van der Waals surface area contributed by atoms with Crippen molar-refractivity contribution in [3.63, 3.8) is 0 Å². The molecule has 0 spiro atoms. The summed E-state index contributed by atoms with van der Waals surface area (Å²) in [5.41, 5.74) is -0.390. The summed E-state index contributed by atoms with van der Waals surface area (Å²) in [4.78, 5) is 0. The van der Waals surface area contributed by atoms with Gasteiger partial charge in [0.05, 0.1) is 12.2 Å². The van der Waals surface area contributed by atoms with Crippen molar-refractivity contribution in [1.29, 1.82) is 0 Å². The van der Waals surface area contributed by atoms with E-state index in [0.29, 0.717) is 16.3 Å². The Morgan fingerprint density at radius 1 is 1.14 bits per heavy atom. The summed E-state index contributed by atoms with van der Waals surface area (Å²) in [5, 5.41) is 9.50. The van der Waals surface area contributed by atoms with Crippen LogP contribution in [0.25, 0.3) is 0 Å². The molecule has 0 bridgehead atoms. The molecule has 0 aliphatic heterocycles. The van der Waals surface area contributed by atoms with Crippen LogP contribution in [0, 0.1) is 6.92 Å². The third kappa shape index (κ3) is 3.68. The fourth-order valence-electron chi connectivity index (χ4n) is 1.88. The van der Waals surface area contributed by atoms with Crippen LogP contribution < -0.4 is 4.74 Å². The maximum absolute atomic E-state index is 12.9. The Kier molecular flexibility index (Phi) is 4.44. The molecule has 0 unspecified atom stereocenters. The third-order valence-electron chi connectivity index (χ3n) is 2.92. The molecule has 0 saturated heterocycles. The summed E-state index contributed by atoms with van der Waals surface area (Å²) < 4.78 is 44.2. The van der Waals surface area contributed by atoms with Gasteiger partial charge >= 0.3 is 6.18 Å². The number of aliphatic hydroxyl groups is 1. The van der Waals surface area contributed by atoms with Crippen LogP contribution in [0.3, 0.4) is 0 Å². The second kappa shape index (κ2) is 5.95. The minimum Gasteiger partial charge on any atom is -0.457 e. The Bertz CT molecular complexity index is 654. The Balaban J connectivity index is 2.37. The lowest BCUT2D eigenvalue weighted by atomic mass is 10.1. The van der Waals surface area contributed by atoms with Crippen molar-refractivity contribution in [2.24, 2.45) is 0 Å². The summed E-state index contributed by atoms with van der Waals surface area (Å²) in [6, 6.07) is 8.29. The van der Waals surface area contributed by atoms with Crippen molar-refractivity contribution in [2.45, 2.75) is 19.7 Å². The van der Waals surface area contributed by atoms with Crippen LogP contribution in [0.15, 0.2) is 36.4 Å². The van der Waals surface area contributed by atoms with E-state index in [-0.39, 0.29) is 11.3 Å². The Hall–Kier alpha value is -1.72. The lowest BCUT2D eigenvalue weighted by Crippen LogP contribution is -2.09. The quantitative estimate of drug-likeness (QED) is 0.868. The number of rotatable bonds is 3. The highest BCUT2D eigenvalue weighted by molar-refractivity contribution is 6.30. The predicted molar refractivity (Wildman–Crippen MR) is 73.6 cm³/mol. The molecule has 21 heavy (non-hydrogen) atoms. The topological polar surface area (TPSA) is 29.5 Å². The second-order valence-corrected chi connectivity index (χ2v) is 4.92. The molecule has 2 aromatic carbocycles.